The average Bonchev–Trinajstić information content (AvgIpc) is 3.45. The molecule has 4 heterocycles. The van der Waals surface area contributed by atoms with Gasteiger partial charge in [0.15, 0.2) is 5.11 Å². The first-order chi connectivity index (χ1) is 16.1. The molecule has 2 fully saturated rings. The molecular weight excluding hydrogens is 479 g/mol. The lowest BCUT2D eigenvalue weighted by Crippen LogP contribution is -2.42. The molecule has 2 aliphatic heterocycles. The van der Waals surface area contributed by atoms with Crippen molar-refractivity contribution in [3.05, 3.63) is 76.2 Å². The molecule has 0 unspecified atom stereocenters. The number of ether oxygens (including phenoxy) is 1. The number of morpholine rings is 1. The fourth-order valence-corrected chi connectivity index (χ4v) is 5.11. The molecule has 0 radical (unpaired) electrons. The first-order valence-electron chi connectivity index (χ1n) is 10.9. The maximum absolute atomic E-state index is 6.45. The lowest BCUT2D eigenvalue weighted by atomic mass is 10.0. The molecular formula is C24H24Cl2N4O2S. The van der Waals surface area contributed by atoms with Crippen molar-refractivity contribution in [1.82, 2.24) is 20.1 Å². The Balaban J connectivity index is 1.46. The van der Waals surface area contributed by atoms with Crippen molar-refractivity contribution in [3.63, 3.8) is 0 Å². The lowest BCUT2D eigenvalue weighted by Gasteiger charge is -2.31. The summed E-state index contributed by atoms with van der Waals surface area (Å²) in [6.45, 7) is 5.06. The summed E-state index contributed by atoms with van der Waals surface area (Å²) in [5, 5.41) is 5.14. The van der Waals surface area contributed by atoms with E-state index in [1.165, 1.54) is 0 Å². The van der Waals surface area contributed by atoms with Gasteiger partial charge in [0.1, 0.15) is 17.6 Å². The van der Waals surface area contributed by atoms with E-state index in [9.17, 15) is 0 Å². The monoisotopic (exact) mass is 502 g/mol. The van der Waals surface area contributed by atoms with Crippen LogP contribution >= 0.6 is 35.4 Å². The van der Waals surface area contributed by atoms with Crippen molar-refractivity contribution in [2.24, 2.45) is 0 Å². The smallest absolute Gasteiger partial charge is 0.170 e. The van der Waals surface area contributed by atoms with Gasteiger partial charge >= 0.3 is 0 Å². The Bertz CT molecular complexity index is 1120. The van der Waals surface area contributed by atoms with Crippen LogP contribution in [-0.4, -0.2) is 59.3 Å². The molecule has 172 valence electrons. The standard InChI is InChI=1S/C24H24Cl2N4O2S/c25-17-5-3-4-16(21(17)26)19-7-8-20(32-19)23-22(18-6-1-2-9-27-18)28-24(33)30(23)11-10-29-12-14-31-15-13-29/h1-9,22-23H,10-15H2,(H,28,33)/t22-,23+/m0/s1. The van der Waals surface area contributed by atoms with E-state index in [1.807, 2.05) is 42.5 Å². The quantitative estimate of drug-likeness (QED) is 0.478. The Kier molecular flexibility index (Phi) is 6.85. The zero-order valence-electron chi connectivity index (χ0n) is 17.9. The van der Waals surface area contributed by atoms with Crippen molar-refractivity contribution in [3.8, 4) is 11.3 Å². The van der Waals surface area contributed by atoms with E-state index in [1.54, 1.807) is 12.3 Å². The van der Waals surface area contributed by atoms with Gasteiger partial charge in [-0.3, -0.25) is 9.88 Å². The second-order valence-corrected chi connectivity index (χ2v) is 9.25. The number of aromatic nitrogens is 1. The van der Waals surface area contributed by atoms with Gasteiger partial charge in [-0.15, -0.1) is 0 Å². The maximum Gasteiger partial charge on any atom is 0.170 e. The molecule has 0 saturated carbocycles. The zero-order chi connectivity index (χ0) is 22.8. The van der Waals surface area contributed by atoms with Crippen molar-refractivity contribution in [2.75, 3.05) is 39.4 Å². The molecule has 0 amide bonds. The molecule has 0 aliphatic carbocycles. The normalized spacial score (nSPS) is 21.4. The summed E-state index contributed by atoms with van der Waals surface area (Å²) in [6, 6.07) is 15.1. The number of hydrogen-bond acceptors (Lipinski definition) is 5. The van der Waals surface area contributed by atoms with Gasteiger partial charge in [-0.25, -0.2) is 0 Å². The number of thiocarbonyl (C=S) groups is 1. The van der Waals surface area contributed by atoms with Gasteiger partial charge in [0, 0.05) is 37.9 Å². The fourth-order valence-electron chi connectivity index (χ4n) is 4.38. The maximum atomic E-state index is 6.45. The summed E-state index contributed by atoms with van der Waals surface area (Å²) in [7, 11) is 0. The molecule has 2 atom stereocenters. The number of halogens is 2. The highest BCUT2D eigenvalue weighted by Crippen LogP contribution is 2.41. The summed E-state index contributed by atoms with van der Waals surface area (Å²) >= 11 is 18.4. The van der Waals surface area contributed by atoms with Gasteiger partial charge in [-0.2, -0.15) is 0 Å². The second kappa shape index (κ2) is 9.99. The molecule has 3 aromatic rings. The van der Waals surface area contributed by atoms with Crippen molar-refractivity contribution < 1.29 is 9.15 Å². The van der Waals surface area contributed by atoms with Crippen LogP contribution in [0.3, 0.4) is 0 Å². The molecule has 9 heteroatoms. The average molecular weight is 503 g/mol. The fraction of sp³-hybridized carbons (Fsp3) is 0.333. The first kappa shape index (κ1) is 22.6. The Labute approximate surface area is 208 Å². The number of pyridine rings is 1. The van der Waals surface area contributed by atoms with Crippen molar-refractivity contribution >= 4 is 40.5 Å². The molecule has 5 rings (SSSR count). The van der Waals surface area contributed by atoms with Crippen LogP contribution in [0.25, 0.3) is 11.3 Å². The summed E-state index contributed by atoms with van der Waals surface area (Å²) in [5.74, 6) is 1.47. The van der Waals surface area contributed by atoms with E-state index < -0.39 is 0 Å². The minimum Gasteiger partial charge on any atom is -0.459 e. The summed E-state index contributed by atoms with van der Waals surface area (Å²) in [5.41, 5.74) is 1.68. The third kappa shape index (κ3) is 4.74. The largest absolute Gasteiger partial charge is 0.459 e. The van der Waals surface area contributed by atoms with Crippen LogP contribution in [-0.2, 0) is 4.74 Å². The van der Waals surface area contributed by atoms with Crippen LogP contribution in [0.1, 0.15) is 23.5 Å². The number of nitrogens with one attached hydrogen (secondary N) is 1. The molecule has 0 spiro atoms. The van der Waals surface area contributed by atoms with Crippen molar-refractivity contribution in [1.29, 1.82) is 0 Å². The van der Waals surface area contributed by atoms with Crippen LogP contribution in [0.15, 0.2) is 59.1 Å². The van der Waals surface area contributed by atoms with Gasteiger partial charge in [-0.1, -0.05) is 35.3 Å². The van der Waals surface area contributed by atoms with Gasteiger partial charge in [0.25, 0.3) is 0 Å². The Hall–Kier alpha value is -2.16. The summed E-state index contributed by atoms with van der Waals surface area (Å²) in [4.78, 5) is 9.19. The molecule has 2 aromatic heterocycles. The highest BCUT2D eigenvalue weighted by Gasteiger charge is 2.41. The number of rotatable bonds is 6. The topological polar surface area (TPSA) is 53.8 Å². The van der Waals surface area contributed by atoms with Crippen LogP contribution in [0.5, 0.6) is 0 Å². The lowest BCUT2D eigenvalue weighted by molar-refractivity contribution is 0.0347. The molecule has 1 aromatic carbocycles. The van der Waals surface area contributed by atoms with Gasteiger partial charge in [0.2, 0.25) is 0 Å². The van der Waals surface area contributed by atoms with Crippen LogP contribution in [0, 0.1) is 0 Å². The Morgan fingerprint density at radius 1 is 1.03 bits per heavy atom. The van der Waals surface area contributed by atoms with Crippen molar-refractivity contribution in [2.45, 2.75) is 12.1 Å². The third-order valence-corrected chi connectivity index (χ3v) is 7.27. The minimum absolute atomic E-state index is 0.128. The van der Waals surface area contributed by atoms with E-state index in [-0.39, 0.29) is 12.1 Å². The highest BCUT2D eigenvalue weighted by atomic mass is 35.5. The highest BCUT2D eigenvalue weighted by molar-refractivity contribution is 7.80. The molecule has 0 bridgehead atoms. The number of hydrogen-bond donors (Lipinski definition) is 1. The van der Waals surface area contributed by atoms with Gasteiger partial charge < -0.3 is 19.4 Å². The SMILES string of the molecule is S=C1N[C@@H](c2ccccn2)[C@@H](c2ccc(-c3cccc(Cl)c3Cl)o2)N1CCN1CCOCC1. The number of benzene rings is 1. The molecule has 1 N–H and O–H groups in total. The van der Waals surface area contributed by atoms with E-state index >= 15 is 0 Å². The van der Waals surface area contributed by atoms with E-state index in [0.717, 1.165) is 56.4 Å². The zero-order valence-corrected chi connectivity index (χ0v) is 20.2. The summed E-state index contributed by atoms with van der Waals surface area (Å²) in [6.07, 6.45) is 1.80. The van der Waals surface area contributed by atoms with E-state index in [0.29, 0.717) is 20.9 Å². The first-order valence-corrected chi connectivity index (χ1v) is 12.1. The molecule has 2 saturated heterocycles. The van der Waals surface area contributed by atoms with Gasteiger partial charge in [-0.05, 0) is 48.6 Å². The third-order valence-electron chi connectivity index (χ3n) is 6.09. The van der Waals surface area contributed by atoms with Crippen LogP contribution in [0.2, 0.25) is 10.0 Å². The number of furan rings is 1. The van der Waals surface area contributed by atoms with E-state index in [4.69, 9.17) is 44.6 Å². The number of nitrogens with zero attached hydrogens (tertiary/aromatic N) is 3. The Morgan fingerprint density at radius 3 is 2.67 bits per heavy atom. The predicted molar refractivity (Wildman–Crippen MR) is 134 cm³/mol. The Morgan fingerprint density at radius 2 is 1.88 bits per heavy atom. The van der Waals surface area contributed by atoms with Crippen LogP contribution < -0.4 is 5.32 Å². The predicted octanol–water partition coefficient (Wildman–Crippen LogP) is 4.95. The second-order valence-electron chi connectivity index (χ2n) is 8.08. The minimum atomic E-state index is -0.139. The molecule has 2 aliphatic rings. The summed E-state index contributed by atoms with van der Waals surface area (Å²) < 4.78 is 11.8. The van der Waals surface area contributed by atoms with Crippen LogP contribution in [0.4, 0.5) is 0 Å². The molecule has 33 heavy (non-hydrogen) atoms. The van der Waals surface area contributed by atoms with Gasteiger partial charge in [0.05, 0.1) is 35.0 Å². The van der Waals surface area contributed by atoms with E-state index in [2.05, 4.69) is 20.1 Å². The molecule has 6 nitrogen and oxygen atoms in total.